The molecule has 0 amide bonds. The number of hydrogen-bond acceptors (Lipinski definition) is 5. The van der Waals surface area contributed by atoms with Gasteiger partial charge in [-0.05, 0) is 15.9 Å². The number of rotatable bonds is 1. The van der Waals surface area contributed by atoms with Gasteiger partial charge in [-0.15, -0.1) is 0 Å². The molecule has 7 heteroatoms. The molecule has 0 bridgehead atoms. The zero-order chi connectivity index (χ0) is 10.1. The molecule has 0 saturated carbocycles. The Kier molecular flexibility index (Phi) is 2.16. The fraction of sp³-hybridized carbons (Fsp3) is 0.143. The monoisotopic (exact) mass is 256 g/mol. The number of aromatic amines is 1. The van der Waals surface area contributed by atoms with Crippen molar-refractivity contribution in [3.05, 3.63) is 21.3 Å². The summed E-state index contributed by atoms with van der Waals surface area (Å²) in [6, 6.07) is 0. The Hall–Kier alpha value is -1.50. The zero-order valence-electron chi connectivity index (χ0n) is 7.11. The van der Waals surface area contributed by atoms with E-state index in [2.05, 4.69) is 35.9 Å². The summed E-state index contributed by atoms with van der Waals surface area (Å²) in [6.07, 6.45) is 1.48. The van der Waals surface area contributed by atoms with E-state index in [1.165, 1.54) is 13.3 Å². The number of hydrogen-bond donors (Lipinski definition) is 1. The lowest BCUT2D eigenvalue weighted by molar-refractivity contribution is 0.400. The van der Waals surface area contributed by atoms with E-state index < -0.39 is 5.69 Å². The summed E-state index contributed by atoms with van der Waals surface area (Å²) in [6.45, 7) is 0. The molecule has 6 nitrogen and oxygen atoms in total. The van der Waals surface area contributed by atoms with Crippen molar-refractivity contribution in [3.8, 4) is 5.88 Å². The van der Waals surface area contributed by atoms with Gasteiger partial charge in [-0.2, -0.15) is 4.98 Å². The Labute approximate surface area is 86.5 Å². The quantitative estimate of drug-likeness (QED) is 0.803. The van der Waals surface area contributed by atoms with Crippen LogP contribution in [0.5, 0.6) is 5.88 Å². The zero-order valence-corrected chi connectivity index (χ0v) is 8.70. The highest BCUT2D eigenvalue weighted by molar-refractivity contribution is 9.10. The van der Waals surface area contributed by atoms with Crippen molar-refractivity contribution < 1.29 is 4.74 Å². The van der Waals surface area contributed by atoms with Gasteiger partial charge in [0.15, 0.2) is 11.2 Å². The number of methoxy groups -OCH3 is 1. The molecule has 0 aliphatic heterocycles. The summed E-state index contributed by atoms with van der Waals surface area (Å²) in [7, 11) is 1.42. The Morgan fingerprint density at radius 2 is 2.29 bits per heavy atom. The molecule has 14 heavy (non-hydrogen) atoms. The van der Waals surface area contributed by atoms with Crippen molar-refractivity contribution in [2.75, 3.05) is 7.11 Å². The minimum Gasteiger partial charge on any atom is -0.479 e. The highest BCUT2D eigenvalue weighted by atomic mass is 79.9. The summed E-state index contributed by atoms with van der Waals surface area (Å²) in [5.41, 5.74) is 0.262. The first-order valence-electron chi connectivity index (χ1n) is 3.67. The van der Waals surface area contributed by atoms with Crippen molar-refractivity contribution in [1.29, 1.82) is 0 Å². The maximum Gasteiger partial charge on any atom is 0.349 e. The molecular weight excluding hydrogens is 252 g/mol. The summed E-state index contributed by atoms with van der Waals surface area (Å²) in [5.74, 6) is 0.164. The van der Waals surface area contributed by atoms with Gasteiger partial charge in [0.05, 0.1) is 13.3 Å². The van der Waals surface area contributed by atoms with E-state index in [1.54, 1.807) is 0 Å². The maximum absolute atomic E-state index is 11.0. The highest BCUT2D eigenvalue weighted by Gasteiger charge is 2.07. The van der Waals surface area contributed by atoms with Crippen LogP contribution < -0.4 is 10.4 Å². The average Bonchev–Trinajstić information content (AvgIpc) is 2.17. The van der Waals surface area contributed by atoms with Gasteiger partial charge >= 0.3 is 5.69 Å². The van der Waals surface area contributed by atoms with Crippen molar-refractivity contribution in [3.63, 3.8) is 0 Å². The Balaban J connectivity index is 2.88. The smallest absolute Gasteiger partial charge is 0.349 e. The van der Waals surface area contributed by atoms with E-state index in [-0.39, 0.29) is 5.88 Å². The first-order chi connectivity index (χ1) is 6.70. The molecule has 0 aliphatic rings. The van der Waals surface area contributed by atoms with Crippen LogP contribution in [0.15, 0.2) is 15.6 Å². The van der Waals surface area contributed by atoms with Crippen LogP contribution in [-0.4, -0.2) is 27.0 Å². The molecule has 0 aliphatic carbocycles. The van der Waals surface area contributed by atoms with E-state index in [0.29, 0.717) is 15.8 Å². The molecule has 1 N–H and O–H groups in total. The maximum atomic E-state index is 11.0. The molecule has 2 heterocycles. The number of ether oxygens (including phenoxy) is 1. The lowest BCUT2D eigenvalue weighted by Gasteiger charge is -2.01. The molecule has 0 atom stereocenters. The van der Waals surface area contributed by atoms with E-state index in [9.17, 15) is 4.79 Å². The van der Waals surface area contributed by atoms with Gasteiger partial charge in [0, 0.05) is 0 Å². The molecular formula is C7H5BrN4O2. The number of H-pyrrole nitrogens is 1. The minimum atomic E-state index is -0.508. The second kappa shape index (κ2) is 3.33. The molecule has 0 spiro atoms. The largest absolute Gasteiger partial charge is 0.479 e. The van der Waals surface area contributed by atoms with Crippen LogP contribution in [-0.2, 0) is 0 Å². The lowest BCUT2D eigenvalue weighted by atomic mass is 10.5. The fourth-order valence-corrected chi connectivity index (χ4v) is 1.30. The van der Waals surface area contributed by atoms with Gasteiger partial charge in [0.25, 0.3) is 0 Å². The van der Waals surface area contributed by atoms with Crippen molar-refractivity contribution in [2.24, 2.45) is 0 Å². The van der Waals surface area contributed by atoms with Crippen molar-refractivity contribution in [2.45, 2.75) is 0 Å². The van der Waals surface area contributed by atoms with E-state index in [4.69, 9.17) is 4.74 Å². The Morgan fingerprint density at radius 1 is 1.50 bits per heavy atom. The van der Waals surface area contributed by atoms with Crippen molar-refractivity contribution >= 4 is 27.1 Å². The van der Waals surface area contributed by atoms with Gasteiger partial charge in [-0.3, -0.25) is 4.98 Å². The first kappa shape index (κ1) is 9.07. The standard InChI is InChI=1S/C7H5BrN4O2/c1-14-6-4-5(11-7(13)12-6)9-2-3(8)10-4/h2H,1H3,(H,9,11,12,13). The third kappa shape index (κ3) is 1.46. The Morgan fingerprint density at radius 3 is 3.00 bits per heavy atom. The first-order valence-corrected chi connectivity index (χ1v) is 4.46. The summed E-state index contributed by atoms with van der Waals surface area (Å²) >= 11 is 3.17. The van der Waals surface area contributed by atoms with Gasteiger partial charge in [0.2, 0.25) is 5.88 Å². The highest BCUT2D eigenvalue weighted by Crippen LogP contribution is 2.17. The van der Waals surface area contributed by atoms with Crippen LogP contribution >= 0.6 is 15.9 Å². The fourth-order valence-electron chi connectivity index (χ4n) is 1.02. The summed E-state index contributed by atoms with van der Waals surface area (Å²) in [5, 5.41) is 0. The molecule has 0 fully saturated rings. The SMILES string of the molecule is COc1nc(=O)[nH]c2ncc(Br)nc12. The van der Waals surface area contributed by atoms with Crippen LogP contribution in [0.2, 0.25) is 0 Å². The Bertz CT molecular complexity index is 539. The van der Waals surface area contributed by atoms with Gasteiger partial charge in [0.1, 0.15) is 4.60 Å². The van der Waals surface area contributed by atoms with Crippen molar-refractivity contribution in [1.82, 2.24) is 19.9 Å². The van der Waals surface area contributed by atoms with E-state index >= 15 is 0 Å². The normalized spacial score (nSPS) is 10.4. The van der Waals surface area contributed by atoms with Gasteiger partial charge < -0.3 is 4.74 Å². The molecule has 2 aromatic rings. The number of nitrogens with one attached hydrogen (secondary N) is 1. The van der Waals surface area contributed by atoms with E-state index in [0.717, 1.165) is 0 Å². The van der Waals surface area contributed by atoms with Crippen LogP contribution in [0.4, 0.5) is 0 Å². The molecule has 0 aromatic carbocycles. The van der Waals surface area contributed by atoms with Gasteiger partial charge in [-0.25, -0.2) is 14.8 Å². The van der Waals surface area contributed by atoms with Crippen LogP contribution in [0.25, 0.3) is 11.2 Å². The van der Waals surface area contributed by atoms with Crippen LogP contribution in [0, 0.1) is 0 Å². The molecule has 72 valence electrons. The number of nitrogens with zero attached hydrogens (tertiary/aromatic N) is 3. The predicted octanol–water partition coefficient (Wildman–Crippen LogP) is 0.484. The second-order valence-electron chi connectivity index (χ2n) is 2.44. The van der Waals surface area contributed by atoms with E-state index in [1.807, 2.05) is 0 Å². The lowest BCUT2D eigenvalue weighted by Crippen LogP contribution is -2.12. The van der Waals surface area contributed by atoms with Crippen LogP contribution in [0.3, 0.4) is 0 Å². The molecule has 0 saturated heterocycles. The second-order valence-corrected chi connectivity index (χ2v) is 3.25. The number of aromatic nitrogens is 4. The summed E-state index contributed by atoms with van der Waals surface area (Å²) in [4.78, 5) is 25.1. The van der Waals surface area contributed by atoms with Crippen LogP contribution in [0.1, 0.15) is 0 Å². The number of fused-ring (bicyclic) bond motifs is 1. The molecule has 0 unspecified atom stereocenters. The third-order valence-corrected chi connectivity index (χ3v) is 1.95. The topological polar surface area (TPSA) is 80.8 Å². The number of halogens is 1. The molecule has 0 radical (unpaired) electrons. The molecule has 2 aromatic heterocycles. The average molecular weight is 257 g/mol. The van der Waals surface area contributed by atoms with Gasteiger partial charge in [-0.1, -0.05) is 0 Å². The molecule has 2 rings (SSSR count). The third-order valence-electron chi connectivity index (χ3n) is 1.57. The predicted molar refractivity (Wildman–Crippen MR) is 52.2 cm³/mol. The minimum absolute atomic E-state index is 0.164. The summed E-state index contributed by atoms with van der Waals surface area (Å²) < 4.78 is 5.46.